The van der Waals surface area contributed by atoms with Crippen LogP contribution in [0.4, 0.5) is 11.4 Å². The zero-order valence-electron chi connectivity index (χ0n) is 12.2. The van der Waals surface area contributed by atoms with Crippen molar-refractivity contribution in [2.24, 2.45) is 5.84 Å². The SMILES string of the molecule is CCOC(=O)C(O)CCNC(=O)c1ccc(N)c(N(N)O)c1. The fourth-order valence-corrected chi connectivity index (χ4v) is 1.66. The quantitative estimate of drug-likeness (QED) is 0.193. The molecule has 0 bridgehead atoms. The third-order valence-corrected chi connectivity index (χ3v) is 2.80. The monoisotopic (exact) mass is 312 g/mol. The summed E-state index contributed by atoms with van der Waals surface area (Å²) < 4.78 is 4.64. The lowest BCUT2D eigenvalue weighted by atomic mass is 10.1. The highest BCUT2D eigenvalue weighted by atomic mass is 16.5. The van der Waals surface area contributed by atoms with Crippen LogP contribution in [0.1, 0.15) is 23.7 Å². The van der Waals surface area contributed by atoms with Gasteiger partial charge in [0.25, 0.3) is 5.91 Å². The van der Waals surface area contributed by atoms with Crippen molar-refractivity contribution >= 4 is 23.3 Å². The second-order valence-electron chi connectivity index (χ2n) is 4.43. The zero-order valence-corrected chi connectivity index (χ0v) is 12.2. The van der Waals surface area contributed by atoms with Gasteiger partial charge in [0, 0.05) is 18.5 Å². The van der Waals surface area contributed by atoms with Gasteiger partial charge in [-0.05, 0) is 25.1 Å². The smallest absolute Gasteiger partial charge is 0.335 e. The normalized spacial score (nSPS) is 11.6. The van der Waals surface area contributed by atoms with E-state index in [1.54, 1.807) is 6.92 Å². The largest absolute Gasteiger partial charge is 0.464 e. The van der Waals surface area contributed by atoms with E-state index < -0.39 is 18.0 Å². The van der Waals surface area contributed by atoms with Crippen molar-refractivity contribution < 1.29 is 24.6 Å². The number of carbonyl (C=O) groups excluding carboxylic acids is 2. The Morgan fingerprint density at radius 3 is 2.73 bits per heavy atom. The molecule has 1 unspecified atom stereocenters. The first kappa shape index (κ1) is 17.7. The van der Waals surface area contributed by atoms with Crippen molar-refractivity contribution in [1.82, 2.24) is 5.32 Å². The van der Waals surface area contributed by atoms with E-state index in [1.807, 2.05) is 0 Å². The number of nitrogens with zero attached hydrogens (tertiary/aromatic N) is 1. The summed E-state index contributed by atoms with van der Waals surface area (Å²) in [5.74, 6) is 3.99. The van der Waals surface area contributed by atoms with Crippen LogP contribution >= 0.6 is 0 Å². The number of aliphatic hydroxyl groups excluding tert-OH is 1. The number of esters is 1. The molecule has 0 aliphatic rings. The second-order valence-corrected chi connectivity index (χ2v) is 4.43. The van der Waals surface area contributed by atoms with E-state index in [9.17, 15) is 19.9 Å². The Hall–Kier alpha value is -2.36. The molecular weight excluding hydrogens is 292 g/mol. The minimum absolute atomic E-state index is 0.0232. The highest BCUT2D eigenvalue weighted by Gasteiger charge is 2.16. The van der Waals surface area contributed by atoms with Gasteiger partial charge in [0.05, 0.1) is 12.3 Å². The maximum atomic E-state index is 11.9. The average Bonchev–Trinajstić information content (AvgIpc) is 2.47. The number of hydrazine groups is 1. The number of nitrogens with two attached hydrogens (primary N) is 2. The van der Waals surface area contributed by atoms with Crippen molar-refractivity contribution in [2.75, 3.05) is 24.1 Å². The van der Waals surface area contributed by atoms with Crippen LogP contribution in [0, 0.1) is 0 Å². The fourth-order valence-electron chi connectivity index (χ4n) is 1.66. The molecule has 0 heterocycles. The maximum Gasteiger partial charge on any atom is 0.335 e. The number of anilines is 2. The van der Waals surface area contributed by atoms with Gasteiger partial charge < -0.3 is 20.9 Å². The van der Waals surface area contributed by atoms with Gasteiger partial charge in [-0.3, -0.25) is 10.0 Å². The Morgan fingerprint density at radius 2 is 2.14 bits per heavy atom. The van der Waals surface area contributed by atoms with Crippen molar-refractivity contribution in [3.8, 4) is 0 Å². The molecule has 0 saturated carbocycles. The van der Waals surface area contributed by atoms with E-state index in [-0.39, 0.29) is 36.5 Å². The number of hydrogen-bond acceptors (Lipinski definition) is 8. The number of rotatable bonds is 7. The summed E-state index contributed by atoms with van der Waals surface area (Å²) in [5.41, 5.74) is 6.11. The molecule has 9 heteroatoms. The summed E-state index contributed by atoms with van der Waals surface area (Å²) in [4.78, 5) is 23.1. The number of ether oxygens (including phenoxy) is 1. The van der Waals surface area contributed by atoms with E-state index in [0.717, 1.165) is 0 Å². The number of amides is 1. The predicted octanol–water partition coefficient (Wildman–Crippen LogP) is -0.618. The first-order valence-electron chi connectivity index (χ1n) is 6.63. The molecule has 7 N–H and O–H groups in total. The molecule has 0 radical (unpaired) electrons. The first-order chi connectivity index (χ1) is 10.4. The second kappa shape index (κ2) is 8.17. The molecule has 0 saturated heterocycles. The number of aliphatic hydroxyl groups is 1. The Morgan fingerprint density at radius 1 is 1.45 bits per heavy atom. The van der Waals surface area contributed by atoms with Crippen LogP contribution in [0.25, 0.3) is 0 Å². The fraction of sp³-hybridized carbons (Fsp3) is 0.385. The molecule has 9 nitrogen and oxygen atoms in total. The number of nitrogen functional groups attached to an aromatic ring is 1. The van der Waals surface area contributed by atoms with Gasteiger partial charge in [-0.25, -0.2) is 10.6 Å². The lowest BCUT2D eigenvalue weighted by Gasteiger charge is -2.14. The van der Waals surface area contributed by atoms with Crippen LogP contribution in [0.15, 0.2) is 18.2 Å². The summed E-state index contributed by atoms with van der Waals surface area (Å²) in [6.45, 7) is 1.88. The summed E-state index contributed by atoms with van der Waals surface area (Å²) in [6, 6.07) is 4.19. The summed E-state index contributed by atoms with van der Waals surface area (Å²) in [5, 5.41) is 21.5. The highest BCUT2D eigenvalue weighted by Crippen LogP contribution is 2.21. The number of benzene rings is 1. The van der Waals surface area contributed by atoms with Crippen LogP contribution in [0.3, 0.4) is 0 Å². The highest BCUT2D eigenvalue weighted by molar-refractivity contribution is 5.96. The van der Waals surface area contributed by atoms with E-state index in [1.165, 1.54) is 18.2 Å². The molecule has 1 aromatic carbocycles. The maximum absolute atomic E-state index is 11.9. The first-order valence-corrected chi connectivity index (χ1v) is 6.63. The zero-order chi connectivity index (χ0) is 16.7. The molecule has 22 heavy (non-hydrogen) atoms. The molecule has 0 fully saturated rings. The molecule has 1 aromatic rings. The molecular formula is C13H20N4O5. The van der Waals surface area contributed by atoms with Crippen molar-refractivity contribution in [2.45, 2.75) is 19.4 Å². The Bertz CT molecular complexity index is 535. The van der Waals surface area contributed by atoms with Gasteiger partial charge in [0.15, 0.2) is 6.10 Å². The van der Waals surface area contributed by atoms with Crippen molar-refractivity contribution in [3.63, 3.8) is 0 Å². The Labute approximate surface area is 127 Å². The number of carbonyl (C=O) groups is 2. The topological polar surface area (TPSA) is 151 Å². The molecule has 122 valence electrons. The summed E-state index contributed by atoms with van der Waals surface area (Å²) in [6.07, 6.45) is -1.27. The van der Waals surface area contributed by atoms with Gasteiger partial charge in [0.1, 0.15) is 5.69 Å². The summed E-state index contributed by atoms with van der Waals surface area (Å²) in [7, 11) is 0. The van der Waals surface area contributed by atoms with Gasteiger partial charge in [-0.1, -0.05) is 0 Å². The molecule has 0 aromatic heterocycles. The molecule has 1 amide bonds. The molecule has 1 rings (SSSR count). The molecule has 0 spiro atoms. The van der Waals surface area contributed by atoms with E-state index in [4.69, 9.17) is 11.6 Å². The van der Waals surface area contributed by atoms with Crippen molar-refractivity contribution in [3.05, 3.63) is 23.8 Å². The predicted molar refractivity (Wildman–Crippen MR) is 78.9 cm³/mol. The van der Waals surface area contributed by atoms with Crippen LogP contribution in [0.5, 0.6) is 0 Å². The van der Waals surface area contributed by atoms with Crippen LogP contribution < -0.4 is 22.1 Å². The van der Waals surface area contributed by atoms with Crippen molar-refractivity contribution in [1.29, 1.82) is 0 Å². The standard InChI is InChI=1S/C13H20N4O5/c1-2-22-13(20)11(18)5-6-16-12(19)8-3-4-9(14)10(7-8)17(15)21/h3-4,7,11,18,21H,2,5-6,14-15H2,1H3,(H,16,19). The van der Waals surface area contributed by atoms with Crippen LogP contribution in [-0.4, -0.2) is 41.4 Å². The lowest BCUT2D eigenvalue weighted by molar-refractivity contribution is -0.153. The summed E-state index contributed by atoms with van der Waals surface area (Å²) >= 11 is 0. The van der Waals surface area contributed by atoms with Crippen LogP contribution in [0.2, 0.25) is 0 Å². The molecule has 1 atom stereocenters. The average molecular weight is 312 g/mol. The number of nitrogens with one attached hydrogen (secondary N) is 1. The third kappa shape index (κ3) is 4.88. The Balaban J connectivity index is 2.56. The van der Waals surface area contributed by atoms with Crippen LogP contribution in [-0.2, 0) is 9.53 Å². The van der Waals surface area contributed by atoms with Gasteiger partial charge in [0.2, 0.25) is 0 Å². The molecule has 0 aliphatic carbocycles. The van der Waals surface area contributed by atoms with E-state index >= 15 is 0 Å². The third-order valence-electron chi connectivity index (χ3n) is 2.80. The lowest BCUT2D eigenvalue weighted by Crippen LogP contribution is -2.31. The minimum Gasteiger partial charge on any atom is -0.464 e. The minimum atomic E-state index is -1.29. The van der Waals surface area contributed by atoms with E-state index in [2.05, 4.69) is 10.1 Å². The van der Waals surface area contributed by atoms with Gasteiger partial charge in [-0.15, -0.1) is 0 Å². The van der Waals surface area contributed by atoms with E-state index in [0.29, 0.717) is 5.17 Å². The Kier molecular flexibility index (Phi) is 6.57. The number of hydrogen-bond donors (Lipinski definition) is 5. The van der Waals surface area contributed by atoms with Gasteiger partial charge in [-0.2, -0.15) is 5.17 Å². The van der Waals surface area contributed by atoms with Gasteiger partial charge >= 0.3 is 5.97 Å². The molecule has 0 aliphatic heterocycles.